The zero-order valence-electron chi connectivity index (χ0n) is 10.5. The van der Waals surface area contributed by atoms with Crippen LogP contribution in [-0.4, -0.2) is 50.3 Å². The van der Waals surface area contributed by atoms with Crippen molar-refractivity contribution in [1.29, 1.82) is 0 Å². The second-order valence-corrected chi connectivity index (χ2v) is 4.45. The fraction of sp³-hybridized carbons (Fsp3) is 1.00. The molecule has 1 saturated heterocycles. The summed E-state index contributed by atoms with van der Waals surface area (Å²) in [6.45, 7) is 8.39. The van der Waals surface area contributed by atoms with Gasteiger partial charge in [-0.05, 0) is 40.3 Å². The highest BCUT2D eigenvalue weighted by Crippen LogP contribution is 2.19. The Kier molecular flexibility index (Phi) is 6.22. The van der Waals surface area contributed by atoms with Gasteiger partial charge in [-0.15, -0.1) is 0 Å². The van der Waals surface area contributed by atoms with E-state index in [-0.39, 0.29) is 0 Å². The molecule has 0 aliphatic carbocycles. The number of piperidine rings is 1. The first-order valence-electron chi connectivity index (χ1n) is 6.27. The van der Waals surface area contributed by atoms with Crippen molar-refractivity contribution in [2.24, 2.45) is 0 Å². The van der Waals surface area contributed by atoms with Crippen LogP contribution < -0.4 is 5.32 Å². The number of hydrogen-bond donors (Lipinski definition) is 1. The molecule has 3 heteroatoms. The smallest absolute Gasteiger partial charge is 0.0619 e. The summed E-state index contributed by atoms with van der Waals surface area (Å²) < 4.78 is 5.51. The van der Waals surface area contributed by atoms with Crippen LogP contribution in [-0.2, 0) is 4.74 Å². The van der Waals surface area contributed by atoms with Crippen molar-refractivity contribution in [3.63, 3.8) is 0 Å². The molecule has 2 atom stereocenters. The van der Waals surface area contributed by atoms with Gasteiger partial charge in [-0.2, -0.15) is 0 Å². The van der Waals surface area contributed by atoms with E-state index in [0.29, 0.717) is 12.1 Å². The van der Waals surface area contributed by atoms with Crippen molar-refractivity contribution in [1.82, 2.24) is 10.2 Å². The molecule has 0 radical (unpaired) electrons. The highest BCUT2D eigenvalue weighted by atomic mass is 16.5. The SMILES string of the molecule is CCOCC(C)N1CCCCC1CNC. The summed E-state index contributed by atoms with van der Waals surface area (Å²) in [4.78, 5) is 2.61. The van der Waals surface area contributed by atoms with E-state index in [9.17, 15) is 0 Å². The van der Waals surface area contributed by atoms with Gasteiger partial charge in [0, 0.05) is 25.2 Å². The van der Waals surface area contributed by atoms with Crippen molar-refractivity contribution in [2.45, 2.75) is 45.2 Å². The molecular weight excluding hydrogens is 188 g/mol. The standard InChI is InChI=1S/C12H26N2O/c1-4-15-10-11(2)14-8-6-5-7-12(14)9-13-3/h11-13H,4-10H2,1-3H3. The molecule has 2 unspecified atom stereocenters. The van der Waals surface area contributed by atoms with E-state index < -0.39 is 0 Å². The molecule has 0 aromatic rings. The van der Waals surface area contributed by atoms with Crippen LogP contribution in [0.3, 0.4) is 0 Å². The summed E-state index contributed by atoms with van der Waals surface area (Å²) in [6.07, 6.45) is 4.05. The van der Waals surface area contributed by atoms with E-state index in [0.717, 1.165) is 19.8 Å². The van der Waals surface area contributed by atoms with Crippen molar-refractivity contribution in [3.8, 4) is 0 Å². The molecule has 1 N–H and O–H groups in total. The first kappa shape index (κ1) is 12.9. The molecule has 90 valence electrons. The fourth-order valence-corrected chi connectivity index (χ4v) is 2.44. The van der Waals surface area contributed by atoms with Gasteiger partial charge in [-0.25, -0.2) is 0 Å². The Hall–Kier alpha value is -0.120. The van der Waals surface area contributed by atoms with E-state index in [1.807, 2.05) is 7.05 Å². The van der Waals surface area contributed by atoms with Gasteiger partial charge in [0.1, 0.15) is 0 Å². The van der Waals surface area contributed by atoms with Crippen molar-refractivity contribution in [2.75, 3.05) is 33.4 Å². The second kappa shape index (κ2) is 7.20. The van der Waals surface area contributed by atoms with E-state index in [4.69, 9.17) is 4.74 Å². The van der Waals surface area contributed by atoms with Crippen LogP contribution in [0, 0.1) is 0 Å². The third-order valence-corrected chi connectivity index (χ3v) is 3.24. The zero-order chi connectivity index (χ0) is 11.1. The Morgan fingerprint density at radius 3 is 2.93 bits per heavy atom. The maximum Gasteiger partial charge on any atom is 0.0619 e. The summed E-state index contributed by atoms with van der Waals surface area (Å²) in [5.74, 6) is 0. The van der Waals surface area contributed by atoms with Crippen molar-refractivity contribution < 1.29 is 4.74 Å². The van der Waals surface area contributed by atoms with E-state index in [2.05, 4.69) is 24.1 Å². The molecule has 1 fully saturated rings. The van der Waals surface area contributed by atoms with E-state index in [1.165, 1.54) is 25.8 Å². The number of likely N-dealkylation sites (tertiary alicyclic amines) is 1. The van der Waals surface area contributed by atoms with Crippen molar-refractivity contribution >= 4 is 0 Å². The Bertz CT molecular complexity index is 162. The number of ether oxygens (including phenoxy) is 1. The molecule has 15 heavy (non-hydrogen) atoms. The molecule has 0 saturated carbocycles. The van der Waals surface area contributed by atoms with Gasteiger partial charge < -0.3 is 10.1 Å². The lowest BCUT2D eigenvalue weighted by molar-refractivity contribution is 0.0348. The molecule has 1 rings (SSSR count). The average molecular weight is 214 g/mol. The Balaban J connectivity index is 2.39. The summed E-state index contributed by atoms with van der Waals surface area (Å²) in [5, 5.41) is 3.30. The summed E-state index contributed by atoms with van der Waals surface area (Å²) >= 11 is 0. The van der Waals surface area contributed by atoms with Crippen LogP contribution in [0.1, 0.15) is 33.1 Å². The van der Waals surface area contributed by atoms with E-state index >= 15 is 0 Å². The highest BCUT2D eigenvalue weighted by molar-refractivity contribution is 4.82. The van der Waals surface area contributed by atoms with Crippen LogP contribution >= 0.6 is 0 Å². The first-order chi connectivity index (χ1) is 7.29. The fourth-order valence-electron chi connectivity index (χ4n) is 2.44. The summed E-state index contributed by atoms with van der Waals surface area (Å²) in [5.41, 5.74) is 0. The third kappa shape index (κ3) is 4.09. The molecule has 1 heterocycles. The minimum absolute atomic E-state index is 0.559. The lowest BCUT2D eigenvalue weighted by atomic mass is 10.00. The number of likely N-dealkylation sites (N-methyl/N-ethyl adjacent to an activating group) is 1. The monoisotopic (exact) mass is 214 g/mol. The van der Waals surface area contributed by atoms with Gasteiger partial charge in [-0.1, -0.05) is 6.42 Å². The van der Waals surface area contributed by atoms with Gasteiger partial charge in [0.15, 0.2) is 0 Å². The molecule has 0 aromatic carbocycles. The summed E-state index contributed by atoms with van der Waals surface area (Å²) in [6, 6.07) is 1.27. The lowest BCUT2D eigenvalue weighted by Gasteiger charge is -2.39. The topological polar surface area (TPSA) is 24.5 Å². The van der Waals surface area contributed by atoms with Gasteiger partial charge in [0.2, 0.25) is 0 Å². The molecule has 0 spiro atoms. The average Bonchev–Trinajstić information content (AvgIpc) is 2.27. The predicted octanol–water partition coefficient (Wildman–Crippen LogP) is 1.49. The third-order valence-electron chi connectivity index (χ3n) is 3.24. The number of rotatable bonds is 6. The van der Waals surface area contributed by atoms with Crippen LogP contribution in [0.25, 0.3) is 0 Å². The normalized spacial score (nSPS) is 25.4. The maximum atomic E-state index is 5.51. The quantitative estimate of drug-likeness (QED) is 0.725. The van der Waals surface area contributed by atoms with Crippen LogP contribution in [0.4, 0.5) is 0 Å². The van der Waals surface area contributed by atoms with Gasteiger partial charge in [0.25, 0.3) is 0 Å². The van der Waals surface area contributed by atoms with Crippen molar-refractivity contribution in [3.05, 3.63) is 0 Å². The summed E-state index contributed by atoms with van der Waals surface area (Å²) in [7, 11) is 2.04. The maximum absolute atomic E-state index is 5.51. The van der Waals surface area contributed by atoms with Gasteiger partial charge >= 0.3 is 0 Å². The molecular formula is C12H26N2O. The Morgan fingerprint density at radius 1 is 1.47 bits per heavy atom. The molecule has 0 bridgehead atoms. The highest BCUT2D eigenvalue weighted by Gasteiger charge is 2.25. The first-order valence-corrected chi connectivity index (χ1v) is 6.27. The minimum atomic E-state index is 0.559. The van der Waals surface area contributed by atoms with Crippen LogP contribution in [0.15, 0.2) is 0 Å². The van der Waals surface area contributed by atoms with E-state index in [1.54, 1.807) is 0 Å². The minimum Gasteiger partial charge on any atom is -0.380 e. The van der Waals surface area contributed by atoms with Gasteiger partial charge in [-0.3, -0.25) is 4.90 Å². The van der Waals surface area contributed by atoms with Crippen LogP contribution in [0.2, 0.25) is 0 Å². The van der Waals surface area contributed by atoms with Gasteiger partial charge in [0.05, 0.1) is 6.61 Å². The number of nitrogens with one attached hydrogen (secondary N) is 1. The molecule has 0 amide bonds. The largest absolute Gasteiger partial charge is 0.380 e. The molecule has 1 aliphatic rings. The second-order valence-electron chi connectivity index (χ2n) is 4.45. The van der Waals surface area contributed by atoms with Crippen LogP contribution in [0.5, 0.6) is 0 Å². The molecule has 3 nitrogen and oxygen atoms in total. The molecule has 1 aliphatic heterocycles. The lowest BCUT2D eigenvalue weighted by Crippen LogP contribution is -2.50. The number of nitrogens with zero attached hydrogens (tertiary/aromatic N) is 1. The Morgan fingerprint density at radius 2 is 2.27 bits per heavy atom. The molecule has 0 aromatic heterocycles. The number of hydrogen-bond acceptors (Lipinski definition) is 3. The Labute approximate surface area is 94.2 Å². The zero-order valence-corrected chi connectivity index (χ0v) is 10.5. The predicted molar refractivity (Wildman–Crippen MR) is 64.2 cm³/mol.